The quantitative estimate of drug-likeness (QED) is 0.426. The summed E-state index contributed by atoms with van der Waals surface area (Å²) in [7, 11) is 0. The molecule has 4 aromatic rings. The molecule has 0 fully saturated rings. The molecule has 0 radical (unpaired) electrons. The lowest BCUT2D eigenvalue weighted by molar-refractivity contribution is -0.137. The second kappa shape index (κ2) is 9.68. The number of benzene rings is 2. The van der Waals surface area contributed by atoms with Crippen molar-refractivity contribution in [3.63, 3.8) is 0 Å². The first-order valence-electron chi connectivity index (χ1n) is 11.9. The van der Waals surface area contributed by atoms with E-state index >= 15 is 0 Å². The van der Waals surface area contributed by atoms with Crippen molar-refractivity contribution in [2.75, 3.05) is 11.9 Å². The molecule has 0 unspecified atom stereocenters. The third-order valence-corrected chi connectivity index (χ3v) is 6.47. The Morgan fingerprint density at radius 2 is 1.78 bits per heavy atom. The van der Waals surface area contributed by atoms with Gasteiger partial charge in [0.2, 0.25) is 5.95 Å². The standard InChI is InChI=1S/C27H24F3N5O2/c1-2-35-24(36)20-16-34(25(37)23-12-9-18-5-3-4-6-21(18)32-23)14-13-22(20)33-26(35)31-15-17-7-10-19(11-8-17)27(28,29)30/h3-12H,2,13-16H2,1H3,(H,31,33). The number of pyridine rings is 1. The van der Waals surface area contributed by atoms with Crippen molar-refractivity contribution < 1.29 is 18.0 Å². The van der Waals surface area contributed by atoms with E-state index in [1.807, 2.05) is 37.3 Å². The molecule has 5 rings (SSSR count). The Kier molecular flexibility index (Phi) is 6.41. The Labute approximate surface area is 210 Å². The molecule has 0 spiro atoms. The van der Waals surface area contributed by atoms with Gasteiger partial charge < -0.3 is 10.2 Å². The van der Waals surface area contributed by atoms with E-state index in [1.165, 1.54) is 16.7 Å². The minimum Gasteiger partial charge on any atom is -0.351 e. The maximum absolute atomic E-state index is 13.3. The van der Waals surface area contributed by atoms with Crippen LogP contribution in [-0.2, 0) is 32.2 Å². The van der Waals surface area contributed by atoms with E-state index in [2.05, 4.69) is 15.3 Å². The van der Waals surface area contributed by atoms with Crippen molar-refractivity contribution in [1.82, 2.24) is 19.4 Å². The second-order valence-electron chi connectivity index (χ2n) is 8.82. The lowest BCUT2D eigenvalue weighted by atomic mass is 10.1. The molecule has 0 saturated carbocycles. The van der Waals surface area contributed by atoms with E-state index in [1.54, 1.807) is 11.0 Å². The van der Waals surface area contributed by atoms with Gasteiger partial charge >= 0.3 is 6.18 Å². The van der Waals surface area contributed by atoms with Gasteiger partial charge in [0.25, 0.3) is 11.5 Å². The normalized spacial score (nSPS) is 13.5. The number of carbonyl (C=O) groups is 1. The zero-order chi connectivity index (χ0) is 26.2. The van der Waals surface area contributed by atoms with E-state index in [0.717, 1.165) is 23.0 Å². The number of anilines is 1. The molecule has 2 aromatic carbocycles. The highest BCUT2D eigenvalue weighted by Crippen LogP contribution is 2.29. The fraction of sp³-hybridized carbons (Fsp3) is 0.259. The summed E-state index contributed by atoms with van der Waals surface area (Å²) in [6.45, 7) is 2.88. The number of alkyl halides is 3. The molecule has 0 atom stereocenters. The molecule has 37 heavy (non-hydrogen) atoms. The second-order valence-corrected chi connectivity index (χ2v) is 8.82. The summed E-state index contributed by atoms with van der Waals surface area (Å²) in [4.78, 5) is 37.2. The maximum atomic E-state index is 13.3. The summed E-state index contributed by atoms with van der Waals surface area (Å²) in [5.41, 5.74) is 1.79. The highest BCUT2D eigenvalue weighted by Gasteiger charge is 2.30. The van der Waals surface area contributed by atoms with Crippen LogP contribution >= 0.6 is 0 Å². The number of rotatable bonds is 5. The van der Waals surface area contributed by atoms with Crippen LogP contribution in [0.5, 0.6) is 0 Å². The highest BCUT2D eigenvalue weighted by molar-refractivity contribution is 5.95. The Bertz CT molecular complexity index is 1530. The summed E-state index contributed by atoms with van der Waals surface area (Å²) in [6, 6.07) is 15.9. The number of nitrogens with zero attached hydrogens (tertiary/aromatic N) is 4. The third-order valence-electron chi connectivity index (χ3n) is 6.47. The Hall–Kier alpha value is -4.21. The van der Waals surface area contributed by atoms with Crippen molar-refractivity contribution in [1.29, 1.82) is 0 Å². The summed E-state index contributed by atoms with van der Waals surface area (Å²) >= 11 is 0. The molecule has 0 bridgehead atoms. The first-order valence-corrected chi connectivity index (χ1v) is 11.9. The number of amides is 1. The number of fused-ring (bicyclic) bond motifs is 2. The lowest BCUT2D eigenvalue weighted by Gasteiger charge is -2.28. The van der Waals surface area contributed by atoms with Gasteiger partial charge in [0, 0.05) is 31.4 Å². The Balaban J connectivity index is 1.35. The first-order chi connectivity index (χ1) is 17.7. The van der Waals surface area contributed by atoms with E-state index in [9.17, 15) is 22.8 Å². The van der Waals surface area contributed by atoms with Gasteiger partial charge in [-0.1, -0.05) is 36.4 Å². The minimum atomic E-state index is -4.39. The predicted molar refractivity (Wildman–Crippen MR) is 133 cm³/mol. The molecule has 7 nitrogen and oxygen atoms in total. The minimum absolute atomic E-state index is 0.133. The average molecular weight is 508 g/mol. The van der Waals surface area contributed by atoms with Gasteiger partial charge in [0.15, 0.2) is 0 Å². The molecule has 1 amide bonds. The molecule has 10 heteroatoms. The van der Waals surface area contributed by atoms with E-state index in [-0.39, 0.29) is 24.6 Å². The van der Waals surface area contributed by atoms with Gasteiger partial charge in [-0.2, -0.15) is 13.2 Å². The zero-order valence-corrected chi connectivity index (χ0v) is 20.0. The Morgan fingerprint density at radius 3 is 2.51 bits per heavy atom. The van der Waals surface area contributed by atoms with Gasteiger partial charge in [-0.15, -0.1) is 0 Å². The Morgan fingerprint density at radius 1 is 1.03 bits per heavy atom. The fourth-order valence-electron chi connectivity index (χ4n) is 4.46. The van der Waals surface area contributed by atoms with Crippen LogP contribution in [0.2, 0.25) is 0 Å². The van der Waals surface area contributed by atoms with E-state index < -0.39 is 11.7 Å². The molecular weight excluding hydrogens is 483 g/mol. The number of nitrogens with one attached hydrogen (secondary N) is 1. The molecular formula is C27H24F3N5O2. The van der Waals surface area contributed by atoms with Gasteiger partial charge in [-0.05, 0) is 36.8 Å². The van der Waals surface area contributed by atoms with E-state index in [4.69, 9.17) is 0 Å². The smallest absolute Gasteiger partial charge is 0.351 e. The number of hydrogen-bond donors (Lipinski definition) is 1. The molecule has 3 heterocycles. The van der Waals surface area contributed by atoms with Crippen LogP contribution in [0.15, 0.2) is 65.5 Å². The molecule has 2 aromatic heterocycles. The average Bonchev–Trinajstić information content (AvgIpc) is 2.91. The van der Waals surface area contributed by atoms with E-state index in [0.29, 0.717) is 48.0 Å². The van der Waals surface area contributed by atoms with Crippen molar-refractivity contribution in [2.45, 2.75) is 39.2 Å². The van der Waals surface area contributed by atoms with Crippen molar-refractivity contribution in [3.8, 4) is 0 Å². The van der Waals surface area contributed by atoms with Gasteiger partial charge in [0.05, 0.1) is 28.9 Å². The monoisotopic (exact) mass is 507 g/mol. The summed E-state index contributed by atoms with van der Waals surface area (Å²) in [6.07, 6.45) is -3.99. The van der Waals surface area contributed by atoms with Gasteiger partial charge in [0.1, 0.15) is 5.69 Å². The number of para-hydroxylation sites is 1. The van der Waals surface area contributed by atoms with Crippen LogP contribution in [0.1, 0.15) is 39.8 Å². The van der Waals surface area contributed by atoms with Crippen molar-refractivity contribution in [3.05, 3.63) is 99.1 Å². The van der Waals surface area contributed by atoms with Gasteiger partial charge in [-0.3, -0.25) is 14.2 Å². The number of carbonyl (C=O) groups excluding carboxylic acids is 1. The van der Waals surface area contributed by atoms with Crippen LogP contribution in [0, 0.1) is 0 Å². The topological polar surface area (TPSA) is 80.1 Å². The molecule has 1 aliphatic heterocycles. The lowest BCUT2D eigenvalue weighted by Crippen LogP contribution is -2.41. The fourth-order valence-corrected chi connectivity index (χ4v) is 4.46. The summed E-state index contributed by atoms with van der Waals surface area (Å²) < 4.78 is 39.9. The zero-order valence-electron chi connectivity index (χ0n) is 20.0. The van der Waals surface area contributed by atoms with Crippen LogP contribution in [0.4, 0.5) is 19.1 Å². The summed E-state index contributed by atoms with van der Waals surface area (Å²) in [5, 5.41) is 4.03. The van der Waals surface area contributed by atoms with Crippen LogP contribution in [0.3, 0.4) is 0 Å². The predicted octanol–water partition coefficient (Wildman–Crippen LogP) is 4.64. The molecule has 0 aliphatic carbocycles. The van der Waals surface area contributed by atoms with Crippen LogP contribution in [0.25, 0.3) is 10.9 Å². The molecule has 1 aliphatic rings. The van der Waals surface area contributed by atoms with Crippen LogP contribution < -0.4 is 10.9 Å². The third kappa shape index (κ3) is 4.91. The van der Waals surface area contributed by atoms with Gasteiger partial charge in [-0.25, -0.2) is 9.97 Å². The number of halogens is 3. The number of aromatic nitrogens is 3. The summed E-state index contributed by atoms with van der Waals surface area (Å²) in [5.74, 6) is 0.102. The van der Waals surface area contributed by atoms with Crippen molar-refractivity contribution in [2.24, 2.45) is 0 Å². The van der Waals surface area contributed by atoms with Crippen molar-refractivity contribution >= 4 is 22.8 Å². The molecule has 190 valence electrons. The maximum Gasteiger partial charge on any atom is 0.416 e. The van der Waals surface area contributed by atoms with Crippen LogP contribution in [-0.4, -0.2) is 31.9 Å². The highest BCUT2D eigenvalue weighted by atomic mass is 19.4. The first kappa shape index (κ1) is 24.5. The largest absolute Gasteiger partial charge is 0.416 e. The molecule has 1 N–H and O–H groups in total. The SMILES string of the molecule is CCn1c(NCc2ccc(C(F)(F)F)cc2)nc2c(c1=O)CN(C(=O)c1ccc3ccccc3n1)CC2. The number of hydrogen-bond acceptors (Lipinski definition) is 5. The molecule has 0 saturated heterocycles.